The molecule has 0 bridgehead atoms. The van der Waals surface area contributed by atoms with Gasteiger partial charge in [0.05, 0.1) is 0 Å². The van der Waals surface area contributed by atoms with Gasteiger partial charge >= 0.3 is 0 Å². The van der Waals surface area contributed by atoms with Crippen molar-refractivity contribution in [2.75, 3.05) is 0 Å². The fraction of sp³-hybridized carbons (Fsp3) is 0.500. The summed E-state index contributed by atoms with van der Waals surface area (Å²) in [6.07, 6.45) is 4.88. The minimum atomic E-state index is 0.382. The molecule has 1 aromatic carbocycles. The van der Waals surface area contributed by atoms with Crippen LogP contribution in [0.4, 0.5) is 0 Å². The summed E-state index contributed by atoms with van der Waals surface area (Å²) in [6, 6.07) is 8.62. The van der Waals surface area contributed by atoms with Gasteiger partial charge in [-0.15, -0.1) is 11.6 Å². The second-order valence-corrected chi connectivity index (χ2v) is 5.55. The van der Waals surface area contributed by atoms with Gasteiger partial charge in [-0.1, -0.05) is 34.5 Å². The maximum atomic E-state index is 6.19. The first-order chi connectivity index (χ1) is 6.75. The van der Waals surface area contributed by atoms with Crippen LogP contribution in [0, 0.1) is 0 Å². The minimum Gasteiger partial charge on any atom is -0.123 e. The zero-order chi connectivity index (χ0) is 9.97. The zero-order valence-corrected chi connectivity index (χ0v) is 10.4. The Kier molecular flexibility index (Phi) is 3.51. The van der Waals surface area contributed by atoms with Crippen LogP contribution >= 0.6 is 27.5 Å². The van der Waals surface area contributed by atoms with E-state index in [1.807, 2.05) is 0 Å². The molecule has 0 nitrogen and oxygen atoms in total. The number of hydrogen-bond donors (Lipinski definition) is 0. The molecule has 2 atom stereocenters. The topological polar surface area (TPSA) is 0 Å². The van der Waals surface area contributed by atoms with Gasteiger partial charge in [-0.25, -0.2) is 0 Å². The van der Waals surface area contributed by atoms with E-state index in [9.17, 15) is 0 Å². The molecule has 0 N–H and O–H groups in total. The molecule has 1 aromatic rings. The summed E-state index contributed by atoms with van der Waals surface area (Å²) in [4.78, 5) is 0. The van der Waals surface area contributed by atoms with Crippen molar-refractivity contribution < 1.29 is 0 Å². The maximum Gasteiger partial charge on any atom is 0.0341 e. The average molecular weight is 274 g/mol. The number of hydrogen-bond acceptors (Lipinski definition) is 0. The summed E-state index contributed by atoms with van der Waals surface area (Å²) in [5.41, 5.74) is 1.43. The van der Waals surface area contributed by atoms with Crippen LogP contribution in [0.25, 0.3) is 0 Å². The number of rotatable bonds is 1. The van der Waals surface area contributed by atoms with Gasteiger partial charge in [0.1, 0.15) is 0 Å². The second kappa shape index (κ2) is 4.67. The zero-order valence-electron chi connectivity index (χ0n) is 8.05. The van der Waals surface area contributed by atoms with Gasteiger partial charge in [0.2, 0.25) is 0 Å². The summed E-state index contributed by atoms with van der Waals surface area (Å²) in [6.45, 7) is 0. The lowest BCUT2D eigenvalue weighted by Crippen LogP contribution is -2.13. The molecule has 0 radical (unpaired) electrons. The molecule has 0 saturated heterocycles. The van der Waals surface area contributed by atoms with Crippen LogP contribution in [0.2, 0.25) is 0 Å². The summed E-state index contributed by atoms with van der Waals surface area (Å²) in [5.74, 6) is 0.670. The molecule has 0 amide bonds. The summed E-state index contributed by atoms with van der Waals surface area (Å²) < 4.78 is 1.17. The molecule has 1 fully saturated rings. The quantitative estimate of drug-likeness (QED) is 0.650. The molecule has 2 heteroatoms. The van der Waals surface area contributed by atoms with E-state index < -0.39 is 0 Å². The highest BCUT2D eigenvalue weighted by molar-refractivity contribution is 9.10. The lowest BCUT2D eigenvalue weighted by atomic mass is 9.84. The van der Waals surface area contributed by atoms with E-state index in [4.69, 9.17) is 11.6 Å². The third kappa shape index (κ3) is 2.52. The van der Waals surface area contributed by atoms with Gasteiger partial charge in [-0.3, -0.25) is 0 Å². The van der Waals surface area contributed by atoms with Crippen LogP contribution in [0.5, 0.6) is 0 Å². The van der Waals surface area contributed by atoms with Crippen molar-refractivity contribution in [1.82, 2.24) is 0 Å². The Balaban J connectivity index is 2.14. The van der Waals surface area contributed by atoms with E-state index >= 15 is 0 Å². The summed E-state index contributed by atoms with van der Waals surface area (Å²) in [7, 11) is 0. The van der Waals surface area contributed by atoms with Gasteiger partial charge in [-0.05, 0) is 42.9 Å². The van der Waals surface area contributed by atoms with Crippen molar-refractivity contribution >= 4 is 27.5 Å². The molecule has 1 aliphatic rings. The van der Waals surface area contributed by atoms with Crippen LogP contribution in [0.15, 0.2) is 28.7 Å². The van der Waals surface area contributed by atoms with Crippen molar-refractivity contribution in [3.8, 4) is 0 Å². The molecular formula is C12H14BrCl. The second-order valence-electron chi connectivity index (χ2n) is 4.02. The number of benzene rings is 1. The Hall–Kier alpha value is -0.0100. The highest BCUT2D eigenvalue weighted by Crippen LogP contribution is 2.35. The van der Waals surface area contributed by atoms with Crippen molar-refractivity contribution in [1.29, 1.82) is 0 Å². The summed E-state index contributed by atoms with van der Waals surface area (Å²) >= 11 is 9.70. The number of alkyl halides is 1. The van der Waals surface area contributed by atoms with Gasteiger partial charge in [0.15, 0.2) is 0 Å². The van der Waals surface area contributed by atoms with Gasteiger partial charge in [0, 0.05) is 9.85 Å². The third-order valence-corrected chi connectivity index (χ3v) is 3.82. The normalized spacial score (nSPS) is 27.6. The molecule has 0 aliphatic heterocycles. The van der Waals surface area contributed by atoms with Crippen molar-refractivity contribution in [3.63, 3.8) is 0 Å². The minimum absolute atomic E-state index is 0.382. The maximum absolute atomic E-state index is 6.19. The standard InChI is InChI=1S/C12H14BrCl/c13-11-5-1-3-9(7-11)10-4-2-6-12(14)8-10/h1,3,5,7,10,12H,2,4,6,8H2. The Morgan fingerprint density at radius 2 is 2.14 bits per heavy atom. The van der Waals surface area contributed by atoms with Crippen LogP contribution < -0.4 is 0 Å². The van der Waals surface area contributed by atoms with Crippen molar-refractivity contribution in [2.24, 2.45) is 0 Å². The monoisotopic (exact) mass is 272 g/mol. The van der Waals surface area contributed by atoms with Gasteiger partial charge < -0.3 is 0 Å². The molecule has 0 heterocycles. The third-order valence-electron chi connectivity index (χ3n) is 2.93. The van der Waals surface area contributed by atoms with Crippen molar-refractivity contribution in [3.05, 3.63) is 34.3 Å². The van der Waals surface area contributed by atoms with E-state index in [0.29, 0.717) is 11.3 Å². The Morgan fingerprint density at radius 1 is 1.29 bits per heavy atom. The van der Waals surface area contributed by atoms with Crippen LogP contribution in [0.3, 0.4) is 0 Å². The fourth-order valence-corrected chi connectivity index (χ4v) is 2.98. The average Bonchev–Trinajstić information content (AvgIpc) is 2.18. The molecule has 0 aromatic heterocycles. The first kappa shape index (κ1) is 10.5. The molecule has 2 rings (SSSR count). The van der Waals surface area contributed by atoms with Gasteiger partial charge in [0.25, 0.3) is 0 Å². The molecular weight excluding hydrogens is 259 g/mol. The van der Waals surface area contributed by atoms with E-state index in [1.54, 1.807) is 0 Å². The molecule has 2 unspecified atom stereocenters. The fourth-order valence-electron chi connectivity index (χ4n) is 2.19. The van der Waals surface area contributed by atoms with Crippen LogP contribution in [0.1, 0.15) is 37.2 Å². The predicted octanol–water partition coefficient (Wildman–Crippen LogP) is 4.71. The van der Waals surface area contributed by atoms with Crippen molar-refractivity contribution in [2.45, 2.75) is 37.0 Å². The lowest BCUT2D eigenvalue weighted by Gasteiger charge is -2.25. The largest absolute Gasteiger partial charge is 0.123 e. The summed E-state index contributed by atoms with van der Waals surface area (Å²) in [5, 5.41) is 0.382. The SMILES string of the molecule is ClC1CCCC(c2cccc(Br)c2)C1. The Labute approximate surface area is 98.8 Å². The van der Waals surface area contributed by atoms with Crippen LogP contribution in [-0.2, 0) is 0 Å². The number of halogens is 2. The Bertz CT molecular complexity index is 311. The smallest absolute Gasteiger partial charge is 0.0341 e. The Morgan fingerprint density at radius 3 is 2.86 bits per heavy atom. The highest BCUT2D eigenvalue weighted by atomic mass is 79.9. The van der Waals surface area contributed by atoms with Gasteiger partial charge in [-0.2, -0.15) is 0 Å². The van der Waals surface area contributed by atoms with E-state index in [2.05, 4.69) is 40.2 Å². The van der Waals surface area contributed by atoms with Crippen LogP contribution in [-0.4, -0.2) is 5.38 Å². The molecule has 0 spiro atoms. The first-order valence-electron chi connectivity index (χ1n) is 5.15. The van der Waals surface area contributed by atoms with E-state index in [-0.39, 0.29) is 0 Å². The molecule has 1 aliphatic carbocycles. The lowest BCUT2D eigenvalue weighted by molar-refractivity contribution is 0.449. The molecule has 14 heavy (non-hydrogen) atoms. The van der Waals surface area contributed by atoms with E-state index in [0.717, 1.165) is 6.42 Å². The first-order valence-corrected chi connectivity index (χ1v) is 6.38. The predicted molar refractivity (Wildman–Crippen MR) is 65.0 cm³/mol. The molecule has 76 valence electrons. The highest BCUT2D eigenvalue weighted by Gasteiger charge is 2.21. The van der Waals surface area contributed by atoms with E-state index in [1.165, 1.54) is 29.3 Å². The molecule has 1 saturated carbocycles.